The highest BCUT2D eigenvalue weighted by molar-refractivity contribution is 7.89. The molecular weight excluding hydrogens is 490 g/mol. The molecule has 0 aliphatic carbocycles. The zero-order valence-corrected chi connectivity index (χ0v) is 21.1. The van der Waals surface area contributed by atoms with Crippen LogP contribution in [0.3, 0.4) is 0 Å². The molecule has 0 aliphatic heterocycles. The van der Waals surface area contributed by atoms with E-state index in [1.54, 1.807) is 18.4 Å². The van der Waals surface area contributed by atoms with E-state index in [-0.39, 0.29) is 17.3 Å². The van der Waals surface area contributed by atoms with Crippen LogP contribution in [0.5, 0.6) is 0 Å². The fourth-order valence-electron chi connectivity index (χ4n) is 3.84. The SMILES string of the molecule is CN(Cc1ccccc1)S(=O)(=O)c1ccc(C(=O)Nc2ccccc2-c2nc3ccccc3s2)cc1. The number of hydrogen-bond acceptors (Lipinski definition) is 5. The van der Waals surface area contributed by atoms with Crippen molar-refractivity contribution in [3.8, 4) is 10.6 Å². The van der Waals surface area contributed by atoms with E-state index in [0.29, 0.717) is 11.3 Å². The first-order valence-electron chi connectivity index (χ1n) is 11.3. The van der Waals surface area contributed by atoms with Crippen molar-refractivity contribution in [1.29, 1.82) is 0 Å². The Morgan fingerprint density at radius 1 is 0.861 bits per heavy atom. The third-order valence-corrected chi connectivity index (χ3v) is 8.66. The predicted molar refractivity (Wildman–Crippen MR) is 145 cm³/mol. The summed E-state index contributed by atoms with van der Waals surface area (Å²) in [6.45, 7) is 0.258. The number of carbonyl (C=O) groups excluding carboxylic acids is 1. The summed E-state index contributed by atoms with van der Waals surface area (Å²) >= 11 is 1.56. The largest absolute Gasteiger partial charge is 0.321 e. The highest BCUT2D eigenvalue weighted by atomic mass is 32.2. The third kappa shape index (κ3) is 4.92. The molecule has 0 radical (unpaired) electrons. The molecule has 0 aliphatic rings. The summed E-state index contributed by atoms with van der Waals surface area (Å²) in [5.74, 6) is -0.329. The monoisotopic (exact) mass is 513 g/mol. The molecule has 180 valence electrons. The quantitative estimate of drug-likeness (QED) is 0.288. The Kier molecular flexibility index (Phi) is 6.65. The van der Waals surface area contributed by atoms with Crippen LogP contribution >= 0.6 is 11.3 Å². The Morgan fingerprint density at radius 2 is 1.53 bits per heavy atom. The minimum atomic E-state index is -3.70. The zero-order chi connectivity index (χ0) is 25.1. The van der Waals surface area contributed by atoms with Crippen molar-refractivity contribution in [2.24, 2.45) is 0 Å². The number of hydrogen-bond donors (Lipinski definition) is 1. The predicted octanol–water partition coefficient (Wildman–Crippen LogP) is 6.04. The van der Waals surface area contributed by atoms with Crippen LogP contribution < -0.4 is 5.32 Å². The summed E-state index contributed by atoms with van der Waals surface area (Å²) < 4.78 is 28.4. The van der Waals surface area contributed by atoms with Gasteiger partial charge in [-0.1, -0.05) is 54.6 Å². The molecule has 1 heterocycles. The van der Waals surface area contributed by atoms with Crippen LogP contribution in [0.2, 0.25) is 0 Å². The van der Waals surface area contributed by atoms with Crippen LogP contribution in [0.25, 0.3) is 20.8 Å². The van der Waals surface area contributed by atoms with Crippen LogP contribution in [0.15, 0.2) is 108 Å². The Labute approximate surface area is 213 Å². The Bertz CT molecular complexity index is 1600. The second-order valence-electron chi connectivity index (χ2n) is 8.26. The molecule has 0 bridgehead atoms. The summed E-state index contributed by atoms with van der Waals surface area (Å²) in [7, 11) is -2.16. The molecule has 5 rings (SSSR count). The lowest BCUT2D eigenvalue weighted by atomic mass is 10.1. The number of thiazole rings is 1. The van der Waals surface area contributed by atoms with Crippen molar-refractivity contribution in [1.82, 2.24) is 9.29 Å². The van der Waals surface area contributed by atoms with Crippen LogP contribution in [0, 0.1) is 0 Å². The lowest BCUT2D eigenvalue weighted by molar-refractivity contribution is 0.102. The Morgan fingerprint density at radius 3 is 2.28 bits per heavy atom. The van der Waals surface area contributed by atoms with Gasteiger partial charge in [0.05, 0.1) is 20.8 Å². The molecule has 0 spiro atoms. The van der Waals surface area contributed by atoms with Gasteiger partial charge in [0.1, 0.15) is 5.01 Å². The van der Waals surface area contributed by atoms with Gasteiger partial charge in [0.2, 0.25) is 10.0 Å². The maximum atomic E-state index is 13.0. The number of anilines is 1. The van der Waals surface area contributed by atoms with Gasteiger partial charge in [0, 0.05) is 24.7 Å². The molecule has 8 heteroatoms. The average molecular weight is 514 g/mol. The summed E-state index contributed by atoms with van der Waals surface area (Å²) in [4.78, 5) is 17.9. The van der Waals surface area contributed by atoms with E-state index < -0.39 is 10.0 Å². The van der Waals surface area contributed by atoms with E-state index in [9.17, 15) is 13.2 Å². The average Bonchev–Trinajstić information content (AvgIpc) is 3.34. The van der Waals surface area contributed by atoms with Crippen LogP contribution in [0.1, 0.15) is 15.9 Å². The summed E-state index contributed by atoms with van der Waals surface area (Å²) in [5, 5.41) is 3.77. The van der Waals surface area contributed by atoms with E-state index in [2.05, 4.69) is 5.32 Å². The maximum Gasteiger partial charge on any atom is 0.255 e. The summed E-state index contributed by atoms with van der Waals surface area (Å²) in [6.07, 6.45) is 0. The third-order valence-electron chi connectivity index (χ3n) is 5.77. The highest BCUT2D eigenvalue weighted by Crippen LogP contribution is 2.34. The molecule has 1 aromatic heterocycles. The lowest BCUT2D eigenvalue weighted by Gasteiger charge is -2.17. The van der Waals surface area contributed by atoms with E-state index in [0.717, 1.165) is 26.4 Å². The smallest absolute Gasteiger partial charge is 0.255 e. The van der Waals surface area contributed by atoms with E-state index in [4.69, 9.17) is 4.98 Å². The van der Waals surface area contributed by atoms with Gasteiger partial charge in [0.15, 0.2) is 0 Å². The number of benzene rings is 4. The molecule has 0 atom stereocenters. The minimum absolute atomic E-state index is 0.132. The molecule has 5 aromatic rings. The number of nitrogens with one attached hydrogen (secondary N) is 1. The summed E-state index contributed by atoms with van der Waals surface area (Å²) in [5.41, 5.74) is 3.63. The molecule has 4 aromatic carbocycles. The van der Waals surface area contributed by atoms with E-state index in [1.165, 1.54) is 28.6 Å². The molecule has 0 saturated carbocycles. The van der Waals surface area contributed by atoms with Crippen molar-refractivity contribution in [2.45, 2.75) is 11.4 Å². The molecule has 6 nitrogen and oxygen atoms in total. The van der Waals surface area contributed by atoms with Gasteiger partial charge in [-0.2, -0.15) is 4.31 Å². The van der Waals surface area contributed by atoms with Gasteiger partial charge >= 0.3 is 0 Å². The van der Waals surface area contributed by atoms with Crippen molar-refractivity contribution < 1.29 is 13.2 Å². The van der Waals surface area contributed by atoms with Gasteiger partial charge in [-0.15, -0.1) is 11.3 Å². The number of nitrogens with zero attached hydrogens (tertiary/aromatic N) is 2. The molecular formula is C28H23N3O3S2. The zero-order valence-electron chi connectivity index (χ0n) is 19.5. The standard InChI is InChI=1S/C28H23N3O3S2/c1-31(19-20-9-3-2-4-10-20)36(33,34)22-17-15-21(16-18-22)27(32)29-24-12-6-5-11-23(24)28-30-25-13-7-8-14-26(25)35-28/h2-18H,19H2,1H3,(H,29,32). The van der Waals surface area contributed by atoms with Gasteiger partial charge in [-0.05, 0) is 54.1 Å². The number of sulfonamides is 1. The number of carbonyl (C=O) groups is 1. The van der Waals surface area contributed by atoms with Crippen molar-refractivity contribution >= 4 is 43.2 Å². The molecule has 1 N–H and O–H groups in total. The van der Waals surface area contributed by atoms with Crippen molar-refractivity contribution in [3.63, 3.8) is 0 Å². The fraction of sp³-hybridized carbons (Fsp3) is 0.0714. The molecule has 0 saturated heterocycles. The van der Waals surface area contributed by atoms with Gasteiger partial charge in [-0.25, -0.2) is 13.4 Å². The van der Waals surface area contributed by atoms with Crippen molar-refractivity contribution in [3.05, 3.63) is 114 Å². The normalized spacial score (nSPS) is 11.6. The minimum Gasteiger partial charge on any atom is -0.321 e. The van der Waals surface area contributed by atoms with Gasteiger partial charge in [0.25, 0.3) is 5.91 Å². The van der Waals surface area contributed by atoms with Crippen LogP contribution in [-0.2, 0) is 16.6 Å². The second kappa shape index (κ2) is 10.0. The molecule has 36 heavy (non-hydrogen) atoms. The van der Waals surface area contributed by atoms with Gasteiger partial charge < -0.3 is 5.32 Å². The maximum absolute atomic E-state index is 13.0. The van der Waals surface area contributed by atoms with Crippen LogP contribution in [-0.4, -0.2) is 30.7 Å². The number of amides is 1. The highest BCUT2D eigenvalue weighted by Gasteiger charge is 2.21. The van der Waals surface area contributed by atoms with Gasteiger partial charge in [-0.3, -0.25) is 4.79 Å². The fourth-order valence-corrected chi connectivity index (χ4v) is 6.01. The number of para-hydroxylation sites is 2. The summed E-state index contributed by atoms with van der Waals surface area (Å²) in [6, 6.07) is 30.8. The number of rotatable bonds is 7. The second-order valence-corrected chi connectivity index (χ2v) is 11.3. The Hall–Kier alpha value is -3.85. The lowest BCUT2D eigenvalue weighted by Crippen LogP contribution is -2.26. The molecule has 1 amide bonds. The van der Waals surface area contributed by atoms with E-state index >= 15 is 0 Å². The first kappa shape index (κ1) is 23.9. The number of aromatic nitrogens is 1. The van der Waals surface area contributed by atoms with Crippen molar-refractivity contribution in [2.75, 3.05) is 12.4 Å². The van der Waals surface area contributed by atoms with Crippen LogP contribution in [0.4, 0.5) is 5.69 Å². The molecule has 0 fully saturated rings. The Balaban J connectivity index is 1.34. The van der Waals surface area contributed by atoms with E-state index in [1.807, 2.05) is 78.9 Å². The topological polar surface area (TPSA) is 79.4 Å². The number of fused-ring (bicyclic) bond motifs is 1. The molecule has 0 unspecified atom stereocenters. The first-order valence-corrected chi connectivity index (χ1v) is 13.5. The first-order chi connectivity index (χ1) is 17.4.